The molecule has 0 unspecified atom stereocenters. The molecule has 1 saturated heterocycles. The molecular formula is C27H30N4O5. The van der Waals surface area contributed by atoms with Gasteiger partial charge in [0, 0.05) is 47.4 Å². The quantitative estimate of drug-likeness (QED) is 0.267. The average molecular weight is 491 g/mol. The van der Waals surface area contributed by atoms with E-state index >= 15 is 0 Å². The molecule has 4 aromatic rings. The minimum Gasteiger partial charge on any atom is -0.489 e. The normalized spacial score (nSPS) is 16.1. The van der Waals surface area contributed by atoms with Crippen LogP contribution in [0.15, 0.2) is 53.2 Å². The Morgan fingerprint density at radius 2 is 2.00 bits per heavy atom. The smallest absolute Gasteiger partial charge is 0.269 e. The first-order chi connectivity index (χ1) is 17.4. The number of hydrogen-bond donors (Lipinski definition) is 1. The van der Waals surface area contributed by atoms with E-state index in [1.807, 2.05) is 19.9 Å². The van der Waals surface area contributed by atoms with Gasteiger partial charge in [0.1, 0.15) is 18.1 Å². The number of likely N-dealkylation sites (tertiary alicyclic amines) is 1. The van der Waals surface area contributed by atoms with Gasteiger partial charge in [-0.3, -0.25) is 15.0 Å². The third-order valence-corrected chi connectivity index (χ3v) is 7.08. The van der Waals surface area contributed by atoms with E-state index in [1.54, 1.807) is 12.1 Å². The fraction of sp³-hybridized carbons (Fsp3) is 0.370. The maximum atomic E-state index is 10.9. The van der Waals surface area contributed by atoms with Crippen LogP contribution in [0.25, 0.3) is 10.9 Å². The molecule has 1 atom stereocenters. The van der Waals surface area contributed by atoms with Gasteiger partial charge in [0.25, 0.3) is 5.69 Å². The standard InChI is InChI=1S/C27H30N4O5/c1-18-26(19(2)36-28-18)15-30-14-21(13-29-11-3-4-23(29)16-32)25-12-24(9-10-27(25)30)35-17-20-5-7-22(8-6-20)31(33)34/h5-10,12,14,23,32H,3-4,11,13,15-17H2,1-2H3/t23-/m0/s1. The zero-order valence-electron chi connectivity index (χ0n) is 20.5. The SMILES string of the molecule is Cc1noc(C)c1Cn1cc(CN2CCC[C@H]2CO)c2cc(OCc3ccc([N+](=O)[O-])cc3)ccc21. The Labute approximate surface area is 209 Å². The summed E-state index contributed by atoms with van der Waals surface area (Å²) in [6.07, 6.45) is 4.29. The first-order valence-electron chi connectivity index (χ1n) is 12.2. The second kappa shape index (κ2) is 10.1. The van der Waals surface area contributed by atoms with E-state index in [9.17, 15) is 15.2 Å². The molecule has 188 valence electrons. The Kier molecular flexibility index (Phi) is 6.75. The van der Waals surface area contributed by atoms with E-state index in [1.165, 1.54) is 17.7 Å². The minimum absolute atomic E-state index is 0.0625. The summed E-state index contributed by atoms with van der Waals surface area (Å²) in [5, 5.41) is 25.9. The van der Waals surface area contributed by atoms with Crippen molar-refractivity contribution in [2.24, 2.45) is 0 Å². The fourth-order valence-electron chi connectivity index (χ4n) is 5.00. The fourth-order valence-corrected chi connectivity index (χ4v) is 5.00. The number of nitro benzene ring substituents is 1. The number of aliphatic hydroxyl groups is 1. The molecule has 0 bridgehead atoms. The van der Waals surface area contributed by atoms with Crippen LogP contribution in [0.1, 0.15) is 41.0 Å². The highest BCUT2D eigenvalue weighted by atomic mass is 16.6. The van der Waals surface area contributed by atoms with E-state index in [0.717, 1.165) is 65.2 Å². The van der Waals surface area contributed by atoms with Crippen molar-refractivity contribution >= 4 is 16.6 Å². The van der Waals surface area contributed by atoms with Crippen LogP contribution < -0.4 is 4.74 Å². The number of rotatable bonds is 9. The third-order valence-electron chi connectivity index (χ3n) is 7.08. The lowest BCUT2D eigenvalue weighted by atomic mass is 10.1. The number of hydrogen-bond acceptors (Lipinski definition) is 7. The van der Waals surface area contributed by atoms with Crippen molar-refractivity contribution in [2.75, 3.05) is 13.2 Å². The minimum atomic E-state index is -0.408. The van der Waals surface area contributed by atoms with Crippen molar-refractivity contribution in [1.82, 2.24) is 14.6 Å². The summed E-state index contributed by atoms with van der Waals surface area (Å²) in [6.45, 7) is 6.75. The number of nitro groups is 1. The Balaban J connectivity index is 1.43. The molecule has 36 heavy (non-hydrogen) atoms. The molecule has 1 aliphatic heterocycles. The number of aliphatic hydroxyl groups excluding tert-OH is 1. The summed E-state index contributed by atoms with van der Waals surface area (Å²) < 4.78 is 13.7. The van der Waals surface area contributed by atoms with Crippen LogP contribution in [0.4, 0.5) is 5.69 Å². The molecule has 2 aromatic heterocycles. The molecule has 0 aliphatic carbocycles. The molecule has 5 rings (SSSR count). The molecule has 0 saturated carbocycles. The molecule has 9 heteroatoms. The number of ether oxygens (including phenoxy) is 1. The van der Waals surface area contributed by atoms with Gasteiger partial charge in [-0.05, 0) is 74.7 Å². The summed E-state index contributed by atoms with van der Waals surface area (Å²) in [5.41, 5.74) is 5.16. The molecule has 0 radical (unpaired) electrons. The second-order valence-corrected chi connectivity index (χ2v) is 9.43. The maximum Gasteiger partial charge on any atom is 0.269 e. The molecule has 1 N–H and O–H groups in total. The predicted octanol–water partition coefficient (Wildman–Crippen LogP) is 4.74. The molecule has 1 aliphatic rings. The molecule has 9 nitrogen and oxygen atoms in total. The summed E-state index contributed by atoms with van der Waals surface area (Å²) in [5.74, 6) is 1.55. The first kappa shape index (κ1) is 24.0. The van der Waals surface area contributed by atoms with Crippen molar-refractivity contribution in [2.45, 2.75) is 52.4 Å². The Morgan fingerprint density at radius 3 is 2.69 bits per heavy atom. The highest BCUT2D eigenvalue weighted by Gasteiger charge is 2.25. The molecular weight excluding hydrogens is 460 g/mol. The Hall–Kier alpha value is -3.69. The van der Waals surface area contributed by atoms with E-state index in [2.05, 4.69) is 33.0 Å². The number of non-ortho nitro benzene ring substituents is 1. The van der Waals surface area contributed by atoms with Gasteiger partial charge in [0.15, 0.2) is 0 Å². The second-order valence-electron chi connectivity index (χ2n) is 9.43. The summed E-state index contributed by atoms with van der Waals surface area (Å²) in [6, 6.07) is 12.7. The van der Waals surface area contributed by atoms with Gasteiger partial charge in [-0.15, -0.1) is 0 Å². The summed E-state index contributed by atoms with van der Waals surface area (Å²) in [7, 11) is 0. The number of fused-ring (bicyclic) bond motifs is 1. The Bertz CT molecular complexity index is 1360. The van der Waals surface area contributed by atoms with E-state index in [4.69, 9.17) is 9.26 Å². The van der Waals surface area contributed by atoms with E-state index in [0.29, 0.717) is 13.2 Å². The zero-order valence-corrected chi connectivity index (χ0v) is 20.5. The summed E-state index contributed by atoms with van der Waals surface area (Å²) in [4.78, 5) is 12.8. The molecule has 1 fully saturated rings. The lowest BCUT2D eigenvalue weighted by Crippen LogP contribution is -2.31. The highest BCUT2D eigenvalue weighted by Crippen LogP contribution is 2.31. The topological polar surface area (TPSA) is 107 Å². The van der Waals surface area contributed by atoms with Gasteiger partial charge >= 0.3 is 0 Å². The third kappa shape index (κ3) is 4.84. The number of benzene rings is 2. The number of nitrogens with zero attached hydrogens (tertiary/aromatic N) is 4. The van der Waals surface area contributed by atoms with E-state index in [-0.39, 0.29) is 18.3 Å². The van der Waals surface area contributed by atoms with Gasteiger partial charge in [-0.1, -0.05) is 5.16 Å². The van der Waals surface area contributed by atoms with Crippen LogP contribution in [-0.4, -0.2) is 43.8 Å². The maximum absolute atomic E-state index is 10.9. The van der Waals surface area contributed by atoms with Crippen LogP contribution in [-0.2, 0) is 19.7 Å². The number of aromatic nitrogens is 2. The molecule has 3 heterocycles. The van der Waals surface area contributed by atoms with E-state index < -0.39 is 4.92 Å². The molecule has 0 amide bonds. The van der Waals surface area contributed by atoms with Gasteiger partial charge in [-0.2, -0.15) is 0 Å². The van der Waals surface area contributed by atoms with Crippen molar-refractivity contribution in [3.8, 4) is 5.75 Å². The lowest BCUT2D eigenvalue weighted by molar-refractivity contribution is -0.384. The van der Waals surface area contributed by atoms with Crippen LogP contribution in [0.5, 0.6) is 5.75 Å². The Morgan fingerprint density at radius 1 is 1.19 bits per heavy atom. The van der Waals surface area contributed by atoms with Crippen LogP contribution >= 0.6 is 0 Å². The van der Waals surface area contributed by atoms with Gasteiger partial charge in [-0.25, -0.2) is 0 Å². The lowest BCUT2D eigenvalue weighted by Gasteiger charge is -2.22. The molecule has 2 aromatic carbocycles. The van der Waals surface area contributed by atoms with Gasteiger partial charge in [0.05, 0.1) is 23.8 Å². The highest BCUT2D eigenvalue weighted by molar-refractivity contribution is 5.85. The van der Waals surface area contributed by atoms with Gasteiger partial charge in [0.2, 0.25) is 0 Å². The van der Waals surface area contributed by atoms with Crippen LogP contribution in [0.3, 0.4) is 0 Å². The average Bonchev–Trinajstić information content (AvgIpc) is 3.57. The summed E-state index contributed by atoms with van der Waals surface area (Å²) >= 11 is 0. The van der Waals surface area contributed by atoms with Crippen LogP contribution in [0, 0.1) is 24.0 Å². The van der Waals surface area contributed by atoms with Crippen molar-refractivity contribution in [3.63, 3.8) is 0 Å². The van der Waals surface area contributed by atoms with Gasteiger partial charge < -0.3 is 18.9 Å². The van der Waals surface area contributed by atoms with Crippen molar-refractivity contribution < 1.29 is 19.3 Å². The zero-order chi connectivity index (χ0) is 25.2. The van der Waals surface area contributed by atoms with Crippen LogP contribution in [0.2, 0.25) is 0 Å². The van der Waals surface area contributed by atoms with Crippen molar-refractivity contribution in [3.05, 3.63) is 86.9 Å². The first-order valence-corrected chi connectivity index (χ1v) is 12.2. The largest absolute Gasteiger partial charge is 0.489 e. The molecule has 0 spiro atoms. The number of aryl methyl sites for hydroxylation is 2. The van der Waals surface area contributed by atoms with Crippen molar-refractivity contribution in [1.29, 1.82) is 0 Å². The predicted molar refractivity (Wildman–Crippen MR) is 135 cm³/mol. The monoisotopic (exact) mass is 490 g/mol.